The number of benzene rings is 1. The number of hydrogen-bond acceptors (Lipinski definition) is 3. The lowest BCUT2D eigenvalue weighted by Crippen LogP contribution is -2.38. The van der Waals surface area contributed by atoms with Crippen LogP contribution in [0.5, 0.6) is 5.75 Å². The third-order valence-electron chi connectivity index (χ3n) is 2.44. The minimum absolute atomic E-state index is 0.0170. The number of carbonyl (C=O) groups is 1. The summed E-state index contributed by atoms with van der Waals surface area (Å²) in [5, 5.41) is 0. The molecule has 1 aromatic carbocycles. The molecule has 4 nitrogen and oxygen atoms in total. The molecule has 1 aromatic rings. The molecule has 1 amide bonds. The Kier molecular flexibility index (Phi) is 5.62. The van der Waals surface area contributed by atoms with Gasteiger partial charge in [0.25, 0.3) is 12.3 Å². The minimum Gasteiger partial charge on any atom is -0.494 e. The average Bonchev–Trinajstić information content (AvgIpc) is 2.36. The van der Waals surface area contributed by atoms with Gasteiger partial charge < -0.3 is 15.4 Å². The Bertz CT molecular complexity index is 441. The number of rotatable bonds is 6. The van der Waals surface area contributed by atoms with Crippen molar-refractivity contribution in [2.75, 3.05) is 26.7 Å². The lowest BCUT2D eigenvalue weighted by Gasteiger charge is -2.21. The standard InChI is InChI=1S/C12H15F3N2O2/c1-19-10-3-2-8(6-9(10)13)12(18)17(5-4-16)7-11(14)15/h2-3,6,11H,4-5,7,16H2,1H3. The second kappa shape index (κ2) is 6.98. The van der Waals surface area contributed by atoms with Gasteiger partial charge in [-0.2, -0.15) is 0 Å². The van der Waals surface area contributed by atoms with E-state index < -0.39 is 24.7 Å². The lowest BCUT2D eigenvalue weighted by molar-refractivity contribution is 0.0562. The first-order valence-corrected chi connectivity index (χ1v) is 5.60. The Morgan fingerprint density at radius 1 is 1.47 bits per heavy atom. The molecular formula is C12H15F3N2O2. The Balaban J connectivity index is 2.92. The average molecular weight is 276 g/mol. The van der Waals surface area contributed by atoms with E-state index in [1.807, 2.05) is 0 Å². The van der Waals surface area contributed by atoms with Crippen molar-refractivity contribution in [3.05, 3.63) is 29.6 Å². The Morgan fingerprint density at radius 3 is 2.63 bits per heavy atom. The molecular weight excluding hydrogens is 261 g/mol. The van der Waals surface area contributed by atoms with Crippen LogP contribution in [0.3, 0.4) is 0 Å². The number of ether oxygens (including phenoxy) is 1. The molecule has 0 saturated carbocycles. The molecule has 0 saturated heterocycles. The van der Waals surface area contributed by atoms with Crippen LogP contribution in [-0.2, 0) is 0 Å². The van der Waals surface area contributed by atoms with Crippen molar-refractivity contribution in [1.82, 2.24) is 4.90 Å². The maximum atomic E-state index is 13.5. The SMILES string of the molecule is COc1ccc(C(=O)N(CCN)CC(F)F)cc1F. The highest BCUT2D eigenvalue weighted by Crippen LogP contribution is 2.19. The molecule has 19 heavy (non-hydrogen) atoms. The highest BCUT2D eigenvalue weighted by molar-refractivity contribution is 5.94. The molecule has 0 unspecified atom stereocenters. The van der Waals surface area contributed by atoms with Gasteiger partial charge in [0.1, 0.15) is 0 Å². The topological polar surface area (TPSA) is 55.6 Å². The summed E-state index contributed by atoms with van der Waals surface area (Å²) >= 11 is 0. The maximum absolute atomic E-state index is 13.5. The summed E-state index contributed by atoms with van der Waals surface area (Å²) in [5.41, 5.74) is 5.24. The Hall–Kier alpha value is -1.76. The van der Waals surface area contributed by atoms with E-state index in [-0.39, 0.29) is 24.4 Å². The van der Waals surface area contributed by atoms with E-state index in [2.05, 4.69) is 0 Å². The van der Waals surface area contributed by atoms with Crippen LogP contribution < -0.4 is 10.5 Å². The lowest BCUT2D eigenvalue weighted by atomic mass is 10.2. The van der Waals surface area contributed by atoms with Gasteiger partial charge in [-0.15, -0.1) is 0 Å². The first kappa shape index (κ1) is 15.3. The number of alkyl halides is 2. The first-order chi connectivity index (χ1) is 8.99. The van der Waals surface area contributed by atoms with E-state index in [1.54, 1.807) is 0 Å². The molecule has 0 fully saturated rings. The third-order valence-corrected chi connectivity index (χ3v) is 2.44. The normalized spacial score (nSPS) is 10.6. The van der Waals surface area contributed by atoms with Crippen LogP contribution in [0.1, 0.15) is 10.4 Å². The van der Waals surface area contributed by atoms with Gasteiger partial charge in [0, 0.05) is 18.7 Å². The van der Waals surface area contributed by atoms with E-state index in [9.17, 15) is 18.0 Å². The minimum atomic E-state index is -2.67. The summed E-state index contributed by atoms with van der Waals surface area (Å²) in [5.74, 6) is -1.43. The van der Waals surface area contributed by atoms with Gasteiger partial charge in [0.2, 0.25) is 0 Å². The van der Waals surface area contributed by atoms with Crippen molar-refractivity contribution in [3.8, 4) is 5.75 Å². The van der Waals surface area contributed by atoms with Crippen LogP contribution >= 0.6 is 0 Å². The van der Waals surface area contributed by atoms with Crippen molar-refractivity contribution in [2.45, 2.75) is 6.43 Å². The summed E-state index contributed by atoms with van der Waals surface area (Å²) < 4.78 is 42.9. The van der Waals surface area contributed by atoms with Gasteiger partial charge in [-0.3, -0.25) is 4.79 Å². The highest BCUT2D eigenvalue weighted by Gasteiger charge is 2.20. The van der Waals surface area contributed by atoms with E-state index in [1.165, 1.54) is 19.2 Å². The smallest absolute Gasteiger partial charge is 0.255 e. The van der Waals surface area contributed by atoms with Crippen molar-refractivity contribution >= 4 is 5.91 Å². The predicted molar refractivity (Wildman–Crippen MR) is 63.9 cm³/mol. The van der Waals surface area contributed by atoms with Crippen molar-refractivity contribution in [1.29, 1.82) is 0 Å². The van der Waals surface area contributed by atoms with Crippen LogP contribution in [-0.4, -0.2) is 44.0 Å². The number of methoxy groups -OCH3 is 1. The first-order valence-electron chi connectivity index (χ1n) is 5.60. The van der Waals surface area contributed by atoms with Gasteiger partial charge in [0.05, 0.1) is 13.7 Å². The van der Waals surface area contributed by atoms with Crippen LogP contribution in [0.4, 0.5) is 13.2 Å². The molecule has 0 spiro atoms. The zero-order chi connectivity index (χ0) is 14.4. The molecule has 1 rings (SSSR count). The van der Waals surface area contributed by atoms with Gasteiger partial charge in [-0.05, 0) is 18.2 Å². The van der Waals surface area contributed by atoms with Crippen LogP contribution in [0, 0.1) is 5.82 Å². The molecule has 0 aromatic heterocycles. The fraction of sp³-hybridized carbons (Fsp3) is 0.417. The maximum Gasteiger partial charge on any atom is 0.255 e. The van der Waals surface area contributed by atoms with Crippen molar-refractivity contribution in [3.63, 3.8) is 0 Å². The monoisotopic (exact) mass is 276 g/mol. The fourth-order valence-electron chi connectivity index (χ4n) is 1.58. The third kappa shape index (κ3) is 4.13. The summed E-state index contributed by atoms with van der Waals surface area (Å²) in [7, 11) is 1.29. The quantitative estimate of drug-likeness (QED) is 0.856. The summed E-state index contributed by atoms with van der Waals surface area (Å²) in [6.45, 7) is -0.697. The van der Waals surface area contributed by atoms with Crippen LogP contribution in [0.15, 0.2) is 18.2 Å². The summed E-state index contributed by atoms with van der Waals surface area (Å²) in [6.07, 6.45) is -2.67. The molecule has 0 aliphatic heterocycles. The summed E-state index contributed by atoms with van der Waals surface area (Å²) in [4.78, 5) is 12.8. The van der Waals surface area contributed by atoms with Gasteiger partial charge >= 0.3 is 0 Å². The van der Waals surface area contributed by atoms with E-state index in [0.717, 1.165) is 11.0 Å². The Labute approximate surface area is 108 Å². The van der Waals surface area contributed by atoms with E-state index in [4.69, 9.17) is 10.5 Å². The molecule has 0 heterocycles. The number of halogens is 3. The number of nitrogens with two attached hydrogens (primary N) is 1. The molecule has 0 atom stereocenters. The number of carbonyl (C=O) groups excluding carboxylic acids is 1. The van der Waals surface area contributed by atoms with Gasteiger partial charge in [-0.1, -0.05) is 0 Å². The van der Waals surface area contributed by atoms with Crippen LogP contribution in [0.25, 0.3) is 0 Å². The molecule has 0 bridgehead atoms. The molecule has 0 radical (unpaired) electrons. The zero-order valence-electron chi connectivity index (χ0n) is 10.4. The van der Waals surface area contributed by atoms with Gasteiger partial charge in [0.15, 0.2) is 11.6 Å². The second-order valence-electron chi connectivity index (χ2n) is 3.78. The fourth-order valence-corrected chi connectivity index (χ4v) is 1.58. The zero-order valence-corrected chi connectivity index (χ0v) is 10.4. The second-order valence-corrected chi connectivity index (χ2v) is 3.78. The molecule has 0 aliphatic rings. The number of nitrogens with zero attached hydrogens (tertiary/aromatic N) is 1. The predicted octanol–water partition coefficient (Wildman–Crippen LogP) is 1.50. The van der Waals surface area contributed by atoms with E-state index in [0.29, 0.717) is 0 Å². The van der Waals surface area contributed by atoms with Crippen molar-refractivity contribution < 1.29 is 22.7 Å². The number of hydrogen-bond donors (Lipinski definition) is 1. The van der Waals surface area contributed by atoms with Gasteiger partial charge in [-0.25, -0.2) is 13.2 Å². The van der Waals surface area contributed by atoms with Crippen LogP contribution in [0.2, 0.25) is 0 Å². The largest absolute Gasteiger partial charge is 0.494 e. The van der Waals surface area contributed by atoms with Crippen molar-refractivity contribution in [2.24, 2.45) is 5.73 Å². The van der Waals surface area contributed by atoms with E-state index >= 15 is 0 Å². The summed E-state index contributed by atoms with van der Waals surface area (Å²) in [6, 6.07) is 3.54. The molecule has 7 heteroatoms. The molecule has 106 valence electrons. The highest BCUT2D eigenvalue weighted by atomic mass is 19.3. The molecule has 0 aliphatic carbocycles. The number of amides is 1. The molecule has 2 N–H and O–H groups in total. The Morgan fingerprint density at radius 2 is 2.16 bits per heavy atom.